The standard InChI is InChI=1S/C25H42INO8S2/c1-2-3-4-5-6-7-8-9-10-11-12-13-14-15-16-17-18-27-25(28)22-19-21(36(29,30)31)20-23(24(22)35-26)37(32,33)34/h19-20H,2-18H2,1H3,(H,27,28)(H,29,30,31)(H,32,33,34). The molecule has 1 rings (SSSR count). The van der Waals surface area contributed by atoms with E-state index in [1.807, 2.05) is 0 Å². The van der Waals surface area contributed by atoms with Gasteiger partial charge < -0.3 is 8.38 Å². The maximum atomic E-state index is 12.6. The first kappa shape index (κ1) is 34.1. The minimum atomic E-state index is -4.92. The van der Waals surface area contributed by atoms with Crippen molar-refractivity contribution in [2.24, 2.45) is 0 Å². The molecule has 1 aromatic carbocycles. The summed E-state index contributed by atoms with van der Waals surface area (Å²) in [7, 11) is -9.76. The van der Waals surface area contributed by atoms with Gasteiger partial charge in [-0.2, -0.15) is 16.8 Å². The number of hydrogen-bond acceptors (Lipinski definition) is 6. The number of benzene rings is 1. The third-order valence-corrected chi connectivity index (χ3v) is 8.37. The molecule has 214 valence electrons. The lowest BCUT2D eigenvalue weighted by atomic mass is 10.0. The monoisotopic (exact) mass is 675 g/mol. The number of nitrogens with one attached hydrogen (secondary N) is 1. The van der Waals surface area contributed by atoms with Gasteiger partial charge in [-0.1, -0.05) is 103 Å². The molecule has 1 aromatic rings. The predicted octanol–water partition coefficient (Wildman–Crippen LogP) is 6.90. The van der Waals surface area contributed by atoms with Crippen molar-refractivity contribution in [1.29, 1.82) is 0 Å². The molecule has 0 spiro atoms. The smallest absolute Gasteiger partial charge is 0.298 e. The Hall–Kier alpha value is -0.960. The molecule has 0 heterocycles. The number of rotatable bonds is 21. The van der Waals surface area contributed by atoms with E-state index in [2.05, 4.69) is 12.2 Å². The molecule has 0 saturated heterocycles. The Morgan fingerprint density at radius 1 is 0.757 bits per heavy atom. The second-order valence-corrected chi connectivity index (χ2v) is 12.6. The normalized spacial score (nSPS) is 12.0. The largest absolute Gasteiger partial charge is 0.425 e. The van der Waals surface area contributed by atoms with Crippen LogP contribution in [0.25, 0.3) is 0 Å². The summed E-state index contributed by atoms with van der Waals surface area (Å²) < 4.78 is 70.0. The van der Waals surface area contributed by atoms with Crippen molar-refractivity contribution in [2.75, 3.05) is 6.54 Å². The number of unbranched alkanes of at least 4 members (excludes halogenated alkanes) is 15. The molecule has 0 fully saturated rings. The van der Waals surface area contributed by atoms with Gasteiger partial charge in [0.1, 0.15) is 4.90 Å². The van der Waals surface area contributed by atoms with Gasteiger partial charge in [0.05, 0.1) is 10.5 Å². The second-order valence-electron chi connectivity index (χ2n) is 9.38. The van der Waals surface area contributed by atoms with Crippen molar-refractivity contribution in [3.05, 3.63) is 17.7 Å². The molecule has 9 nitrogen and oxygen atoms in total. The van der Waals surface area contributed by atoms with Crippen LogP contribution in [0, 0.1) is 0 Å². The van der Waals surface area contributed by atoms with Gasteiger partial charge in [0.15, 0.2) is 28.8 Å². The van der Waals surface area contributed by atoms with E-state index in [0.29, 0.717) is 19.0 Å². The zero-order chi connectivity index (χ0) is 27.7. The number of carbonyl (C=O) groups excluding carboxylic acids is 1. The Kier molecular flexibility index (Phi) is 16.9. The summed E-state index contributed by atoms with van der Waals surface area (Å²) >= 11 is 1.33. The Morgan fingerprint density at radius 3 is 1.57 bits per heavy atom. The van der Waals surface area contributed by atoms with E-state index < -0.39 is 47.2 Å². The summed E-state index contributed by atoms with van der Waals surface area (Å²) in [6.45, 7) is 2.54. The molecule has 0 bridgehead atoms. The third-order valence-electron chi connectivity index (χ3n) is 6.24. The summed E-state index contributed by atoms with van der Waals surface area (Å²) in [5, 5.41) is 2.61. The van der Waals surface area contributed by atoms with Gasteiger partial charge >= 0.3 is 0 Å². The van der Waals surface area contributed by atoms with Crippen LogP contribution >= 0.6 is 23.0 Å². The maximum absolute atomic E-state index is 12.6. The topological polar surface area (TPSA) is 147 Å². The highest BCUT2D eigenvalue weighted by atomic mass is 127. The minimum Gasteiger partial charge on any atom is -0.425 e. The Balaban J connectivity index is 2.30. The van der Waals surface area contributed by atoms with Crippen LogP contribution in [-0.4, -0.2) is 38.4 Å². The van der Waals surface area contributed by atoms with Gasteiger partial charge in [-0.3, -0.25) is 13.9 Å². The summed E-state index contributed by atoms with van der Waals surface area (Å²) in [5.74, 6) is -1.29. The first-order valence-electron chi connectivity index (χ1n) is 13.2. The highest BCUT2D eigenvalue weighted by molar-refractivity contribution is 14.1. The zero-order valence-corrected chi connectivity index (χ0v) is 25.5. The van der Waals surface area contributed by atoms with E-state index in [4.69, 9.17) is 3.07 Å². The van der Waals surface area contributed by atoms with Crippen LogP contribution in [0.2, 0.25) is 0 Å². The molecule has 0 saturated carbocycles. The highest BCUT2D eigenvalue weighted by Gasteiger charge is 2.28. The van der Waals surface area contributed by atoms with Gasteiger partial charge in [-0.15, -0.1) is 0 Å². The molecule has 3 N–H and O–H groups in total. The van der Waals surface area contributed by atoms with Gasteiger partial charge in [0.2, 0.25) is 0 Å². The van der Waals surface area contributed by atoms with Gasteiger partial charge in [0, 0.05) is 6.54 Å². The van der Waals surface area contributed by atoms with Gasteiger partial charge in [0.25, 0.3) is 26.1 Å². The van der Waals surface area contributed by atoms with Crippen molar-refractivity contribution < 1.29 is 33.8 Å². The first-order chi connectivity index (χ1) is 17.5. The molecule has 0 aliphatic carbocycles. The Labute approximate surface area is 236 Å². The predicted molar refractivity (Wildman–Crippen MR) is 153 cm³/mol. The van der Waals surface area contributed by atoms with E-state index in [9.17, 15) is 30.7 Å². The van der Waals surface area contributed by atoms with E-state index >= 15 is 0 Å². The summed E-state index contributed by atoms with van der Waals surface area (Å²) in [6, 6.07) is 1.34. The Morgan fingerprint density at radius 2 is 1.19 bits per heavy atom. The molecule has 0 unspecified atom stereocenters. The number of hydrogen-bond donors (Lipinski definition) is 3. The van der Waals surface area contributed by atoms with Crippen LogP contribution in [-0.2, 0) is 20.2 Å². The molecular formula is C25H42INO8S2. The maximum Gasteiger partial charge on any atom is 0.298 e. The molecule has 0 aromatic heterocycles. The second kappa shape index (κ2) is 18.3. The summed E-state index contributed by atoms with van der Waals surface area (Å²) in [6.07, 6.45) is 19.6. The fourth-order valence-electron chi connectivity index (χ4n) is 4.14. The minimum absolute atomic E-state index is 0.301. The van der Waals surface area contributed by atoms with Crippen molar-refractivity contribution in [3.63, 3.8) is 0 Å². The fraction of sp³-hybridized carbons (Fsp3) is 0.720. The molecule has 0 aliphatic heterocycles. The number of carbonyl (C=O) groups is 1. The van der Waals surface area contributed by atoms with Crippen LogP contribution < -0.4 is 8.38 Å². The first-order valence-corrected chi connectivity index (χ1v) is 17.0. The number of amides is 1. The van der Waals surface area contributed by atoms with Crippen molar-refractivity contribution >= 4 is 49.1 Å². The molecule has 37 heavy (non-hydrogen) atoms. The average molecular weight is 676 g/mol. The van der Waals surface area contributed by atoms with Crippen LogP contribution in [0.5, 0.6) is 5.75 Å². The zero-order valence-electron chi connectivity index (χ0n) is 21.7. The van der Waals surface area contributed by atoms with Crippen LogP contribution in [0.15, 0.2) is 21.9 Å². The van der Waals surface area contributed by atoms with E-state index in [-0.39, 0.29) is 0 Å². The average Bonchev–Trinajstić information content (AvgIpc) is 2.83. The molecule has 0 aliphatic rings. The molecule has 0 atom stereocenters. The molecule has 1 amide bonds. The summed E-state index contributed by atoms with van der Waals surface area (Å²) in [5.41, 5.74) is -0.423. The molecular weight excluding hydrogens is 633 g/mol. The fourth-order valence-corrected chi connectivity index (χ4v) is 6.03. The highest BCUT2D eigenvalue weighted by Crippen LogP contribution is 2.33. The SMILES string of the molecule is CCCCCCCCCCCCCCCCCCNC(=O)c1cc(S(=O)(=O)O)cc(S(=O)(=O)O)c1OI. The lowest BCUT2D eigenvalue weighted by molar-refractivity contribution is 0.0951. The van der Waals surface area contributed by atoms with Crippen LogP contribution in [0.3, 0.4) is 0 Å². The summed E-state index contributed by atoms with van der Waals surface area (Å²) in [4.78, 5) is 10.8. The quantitative estimate of drug-likeness (QED) is 0.0725. The van der Waals surface area contributed by atoms with E-state index in [1.54, 1.807) is 0 Å². The van der Waals surface area contributed by atoms with Crippen molar-refractivity contribution in [3.8, 4) is 5.75 Å². The Bertz CT molecular complexity index is 1030. The van der Waals surface area contributed by atoms with Crippen molar-refractivity contribution in [1.82, 2.24) is 5.32 Å². The lowest BCUT2D eigenvalue weighted by Crippen LogP contribution is -2.25. The van der Waals surface area contributed by atoms with E-state index in [0.717, 1.165) is 25.3 Å². The van der Waals surface area contributed by atoms with E-state index in [1.165, 1.54) is 100 Å². The molecule has 0 radical (unpaired) electrons. The van der Waals surface area contributed by atoms with Gasteiger partial charge in [-0.25, -0.2) is 0 Å². The molecule has 12 heteroatoms. The third kappa shape index (κ3) is 14.1. The van der Waals surface area contributed by atoms with Crippen molar-refractivity contribution in [2.45, 2.75) is 119 Å². The lowest BCUT2D eigenvalue weighted by Gasteiger charge is -2.13. The number of halogens is 1. The van der Waals surface area contributed by atoms with Crippen LogP contribution in [0.1, 0.15) is 120 Å². The van der Waals surface area contributed by atoms with Crippen LogP contribution in [0.4, 0.5) is 0 Å². The van der Waals surface area contributed by atoms with Gasteiger partial charge in [-0.05, 0) is 18.6 Å².